The van der Waals surface area contributed by atoms with E-state index in [4.69, 9.17) is 5.73 Å². The highest BCUT2D eigenvalue weighted by molar-refractivity contribution is 5.97. The molecular formula is C15H21N3O. The quantitative estimate of drug-likeness (QED) is 0.752. The van der Waals surface area contributed by atoms with Crippen molar-refractivity contribution in [3.63, 3.8) is 0 Å². The fourth-order valence-electron chi connectivity index (χ4n) is 3.16. The number of nitrogens with two attached hydrogens (primary N) is 1. The second-order valence-electron chi connectivity index (χ2n) is 5.48. The summed E-state index contributed by atoms with van der Waals surface area (Å²) in [7, 11) is 0. The normalized spacial score (nSPS) is 22.9. The number of nitrogens with zero attached hydrogens (tertiary/aromatic N) is 1. The average Bonchev–Trinajstić information content (AvgIpc) is 2.47. The first-order valence-corrected chi connectivity index (χ1v) is 7.17. The number of nitrogen functional groups attached to an aromatic ring is 1. The Morgan fingerprint density at radius 1 is 1.37 bits per heavy atom. The smallest absolute Gasteiger partial charge is 0.231 e. The summed E-state index contributed by atoms with van der Waals surface area (Å²) in [4.78, 5) is 14.6. The van der Waals surface area contributed by atoms with Crippen molar-refractivity contribution in [3.8, 4) is 0 Å². The molecule has 4 heteroatoms. The van der Waals surface area contributed by atoms with Gasteiger partial charge in [0.1, 0.15) is 0 Å². The van der Waals surface area contributed by atoms with E-state index in [0.717, 1.165) is 62.3 Å². The maximum absolute atomic E-state index is 12.7. The number of fused-ring (bicyclic) bond motifs is 1. The molecule has 0 saturated carbocycles. The number of piperidine rings is 1. The molecule has 1 saturated heterocycles. The van der Waals surface area contributed by atoms with Gasteiger partial charge in [0, 0.05) is 24.5 Å². The van der Waals surface area contributed by atoms with E-state index >= 15 is 0 Å². The topological polar surface area (TPSA) is 58.4 Å². The molecule has 1 unspecified atom stereocenters. The Kier molecular flexibility index (Phi) is 3.42. The maximum Gasteiger partial charge on any atom is 0.231 e. The van der Waals surface area contributed by atoms with E-state index < -0.39 is 0 Å². The van der Waals surface area contributed by atoms with E-state index in [9.17, 15) is 4.79 Å². The number of hydrogen-bond donors (Lipinski definition) is 2. The van der Waals surface area contributed by atoms with Gasteiger partial charge in [0.15, 0.2) is 0 Å². The molecule has 4 nitrogen and oxygen atoms in total. The molecule has 1 aromatic carbocycles. The van der Waals surface area contributed by atoms with Crippen LogP contribution in [0.15, 0.2) is 18.2 Å². The molecule has 2 aliphatic rings. The highest BCUT2D eigenvalue weighted by Gasteiger charge is 2.29. The lowest BCUT2D eigenvalue weighted by Crippen LogP contribution is -2.45. The van der Waals surface area contributed by atoms with Gasteiger partial charge in [0.25, 0.3) is 0 Å². The largest absolute Gasteiger partial charge is 0.398 e. The van der Waals surface area contributed by atoms with Crippen LogP contribution in [0.25, 0.3) is 0 Å². The zero-order chi connectivity index (χ0) is 13.2. The summed E-state index contributed by atoms with van der Waals surface area (Å²) >= 11 is 0. The average molecular weight is 259 g/mol. The van der Waals surface area contributed by atoms with Crippen LogP contribution in [0, 0.1) is 5.92 Å². The molecule has 1 atom stereocenters. The molecular weight excluding hydrogens is 238 g/mol. The first-order valence-electron chi connectivity index (χ1n) is 7.17. The fourth-order valence-corrected chi connectivity index (χ4v) is 3.16. The molecule has 2 aliphatic heterocycles. The summed E-state index contributed by atoms with van der Waals surface area (Å²) in [5.74, 6) is 0.389. The van der Waals surface area contributed by atoms with Gasteiger partial charge in [-0.05, 0) is 49.9 Å². The van der Waals surface area contributed by atoms with Crippen LogP contribution in [0.3, 0.4) is 0 Å². The molecule has 19 heavy (non-hydrogen) atoms. The third kappa shape index (κ3) is 2.32. The molecule has 0 bridgehead atoms. The molecule has 2 heterocycles. The van der Waals surface area contributed by atoms with Gasteiger partial charge >= 0.3 is 0 Å². The number of amides is 1. The zero-order valence-electron chi connectivity index (χ0n) is 11.2. The third-order valence-electron chi connectivity index (χ3n) is 4.20. The number of hydrogen-bond acceptors (Lipinski definition) is 3. The number of nitrogens with one attached hydrogen (secondary N) is 1. The highest BCUT2D eigenvalue weighted by atomic mass is 16.2. The van der Waals surface area contributed by atoms with Gasteiger partial charge in [0.2, 0.25) is 5.91 Å². The number of anilines is 2. The number of carbonyl (C=O) groups is 1. The van der Waals surface area contributed by atoms with Gasteiger partial charge < -0.3 is 16.0 Å². The van der Waals surface area contributed by atoms with E-state index in [-0.39, 0.29) is 11.8 Å². The van der Waals surface area contributed by atoms with Crippen LogP contribution >= 0.6 is 0 Å². The van der Waals surface area contributed by atoms with Crippen LogP contribution in [0.5, 0.6) is 0 Å². The fraction of sp³-hybridized carbons (Fsp3) is 0.533. The Morgan fingerprint density at radius 3 is 3.05 bits per heavy atom. The summed E-state index contributed by atoms with van der Waals surface area (Å²) in [6.45, 7) is 2.67. The predicted molar refractivity (Wildman–Crippen MR) is 77.1 cm³/mol. The second-order valence-corrected chi connectivity index (χ2v) is 5.48. The SMILES string of the molecule is Nc1cccc2c1CCCN2C(=O)C1CCCNC1. The molecule has 0 spiro atoms. The van der Waals surface area contributed by atoms with Crippen molar-refractivity contribution < 1.29 is 4.79 Å². The summed E-state index contributed by atoms with van der Waals surface area (Å²) in [6.07, 6.45) is 4.08. The van der Waals surface area contributed by atoms with Crippen LogP contribution in [-0.4, -0.2) is 25.5 Å². The summed E-state index contributed by atoms with van der Waals surface area (Å²) in [6, 6.07) is 5.90. The van der Waals surface area contributed by atoms with Crippen molar-refractivity contribution in [2.75, 3.05) is 30.3 Å². The zero-order valence-corrected chi connectivity index (χ0v) is 11.2. The van der Waals surface area contributed by atoms with Gasteiger partial charge in [-0.1, -0.05) is 6.07 Å². The molecule has 1 fully saturated rings. The maximum atomic E-state index is 12.7. The summed E-state index contributed by atoms with van der Waals surface area (Å²) in [5, 5.41) is 3.32. The first-order chi connectivity index (χ1) is 9.27. The van der Waals surface area contributed by atoms with Crippen LogP contribution in [0.1, 0.15) is 24.8 Å². The van der Waals surface area contributed by atoms with Gasteiger partial charge in [-0.25, -0.2) is 0 Å². The van der Waals surface area contributed by atoms with E-state index in [1.165, 1.54) is 0 Å². The van der Waals surface area contributed by atoms with Crippen LogP contribution in [-0.2, 0) is 11.2 Å². The van der Waals surface area contributed by atoms with Crippen LogP contribution in [0.2, 0.25) is 0 Å². The third-order valence-corrected chi connectivity index (χ3v) is 4.20. The molecule has 1 amide bonds. The van der Waals surface area contributed by atoms with Crippen LogP contribution in [0.4, 0.5) is 11.4 Å². The number of rotatable bonds is 1. The predicted octanol–water partition coefficient (Wildman–Crippen LogP) is 1.55. The lowest BCUT2D eigenvalue weighted by atomic mass is 9.94. The van der Waals surface area contributed by atoms with Crippen LogP contribution < -0.4 is 16.0 Å². The Hall–Kier alpha value is -1.55. The molecule has 1 aromatic rings. The Balaban J connectivity index is 1.86. The lowest BCUT2D eigenvalue weighted by molar-refractivity contribution is -0.122. The standard InChI is InChI=1S/C15H21N3O/c16-13-6-1-7-14-12(13)5-3-9-18(14)15(19)11-4-2-8-17-10-11/h1,6-7,11,17H,2-5,8-10,16H2. The van der Waals surface area contributed by atoms with E-state index in [2.05, 4.69) is 5.32 Å². The van der Waals surface area contributed by atoms with Gasteiger partial charge in [-0.15, -0.1) is 0 Å². The monoisotopic (exact) mass is 259 g/mol. The molecule has 3 rings (SSSR count). The van der Waals surface area contributed by atoms with Crippen molar-refractivity contribution in [1.29, 1.82) is 0 Å². The minimum atomic E-state index is 0.126. The molecule has 0 aromatic heterocycles. The lowest BCUT2D eigenvalue weighted by Gasteiger charge is -2.34. The Labute approximate surface area is 114 Å². The van der Waals surface area contributed by atoms with Crippen molar-refractivity contribution in [3.05, 3.63) is 23.8 Å². The van der Waals surface area contributed by atoms with Crippen molar-refractivity contribution in [2.45, 2.75) is 25.7 Å². The minimum absolute atomic E-state index is 0.126. The molecule has 0 aliphatic carbocycles. The van der Waals surface area contributed by atoms with Crippen molar-refractivity contribution >= 4 is 17.3 Å². The van der Waals surface area contributed by atoms with Crippen molar-refractivity contribution in [1.82, 2.24) is 5.32 Å². The highest BCUT2D eigenvalue weighted by Crippen LogP contribution is 2.32. The van der Waals surface area contributed by atoms with E-state index in [1.807, 2.05) is 23.1 Å². The summed E-state index contributed by atoms with van der Waals surface area (Å²) < 4.78 is 0. The number of benzene rings is 1. The van der Waals surface area contributed by atoms with Gasteiger partial charge in [-0.2, -0.15) is 0 Å². The second kappa shape index (κ2) is 5.21. The summed E-state index contributed by atoms with van der Waals surface area (Å²) in [5.41, 5.74) is 9.02. The molecule has 3 N–H and O–H groups in total. The Bertz CT molecular complexity index is 480. The molecule has 0 radical (unpaired) electrons. The Morgan fingerprint density at radius 2 is 2.26 bits per heavy atom. The van der Waals surface area contributed by atoms with Gasteiger partial charge in [-0.3, -0.25) is 4.79 Å². The van der Waals surface area contributed by atoms with E-state index in [1.54, 1.807) is 0 Å². The first kappa shape index (κ1) is 12.5. The van der Waals surface area contributed by atoms with E-state index in [0.29, 0.717) is 0 Å². The van der Waals surface area contributed by atoms with Crippen molar-refractivity contribution in [2.24, 2.45) is 5.92 Å². The number of carbonyl (C=O) groups excluding carboxylic acids is 1. The molecule has 102 valence electrons. The minimum Gasteiger partial charge on any atom is -0.398 e. The van der Waals surface area contributed by atoms with Gasteiger partial charge in [0.05, 0.1) is 5.92 Å².